The molecule has 0 bridgehead atoms. The standard InChI is InChI=1S/C20H33N3O2/c1-6-23-12-11-18(13-16(23)2)21(3)15-20(24)22(4)14-17-9-7-8-10-19(17)25-5/h7-10,16,18H,6,11-15H2,1-5H3/t16-,18+/m0/s1. The van der Waals surface area contributed by atoms with Gasteiger partial charge < -0.3 is 14.5 Å². The molecule has 0 N–H and O–H groups in total. The van der Waals surface area contributed by atoms with Crippen LogP contribution in [0.25, 0.3) is 0 Å². The Morgan fingerprint density at radius 1 is 1.32 bits per heavy atom. The van der Waals surface area contributed by atoms with Crippen LogP contribution in [0, 0.1) is 0 Å². The van der Waals surface area contributed by atoms with Gasteiger partial charge in [0.05, 0.1) is 13.7 Å². The summed E-state index contributed by atoms with van der Waals surface area (Å²) < 4.78 is 5.38. The molecule has 5 heteroatoms. The normalized spacial score (nSPS) is 21.4. The Hall–Kier alpha value is -1.59. The van der Waals surface area contributed by atoms with E-state index in [1.54, 1.807) is 12.0 Å². The number of methoxy groups -OCH3 is 1. The molecule has 140 valence electrons. The van der Waals surface area contributed by atoms with Gasteiger partial charge in [-0.25, -0.2) is 0 Å². The molecule has 1 heterocycles. The van der Waals surface area contributed by atoms with Gasteiger partial charge in [-0.2, -0.15) is 0 Å². The topological polar surface area (TPSA) is 36.0 Å². The summed E-state index contributed by atoms with van der Waals surface area (Å²) in [7, 11) is 5.61. The zero-order valence-corrected chi connectivity index (χ0v) is 16.4. The largest absolute Gasteiger partial charge is 0.496 e. The maximum absolute atomic E-state index is 12.6. The predicted octanol–water partition coefficient (Wildman–Crippen LogP) is 2.46. The third-order valence-corrected chi connectivity index (χ3v) is 5.43. The molecule has 1 aromatic carbocycles. The van der Waals surface area contributed by atoms with Gasteiger partial charge in [0.15, 0.2) is 0 Å². The van der Waals surface area contributed by atoms with Crippen molar-refractivity contribution in [1.29, 1.82) is 0 Å². The number of ether oxygens (including phenoxy) is 1. The lowest BCUT2D eigenvalue weighted by Gasteiger charge is -2.40. The Morgan fingerprint density at radius 2 is 2.04 bits per heavy atom. The number of carbonyl (C=O) groups is 1. The molecule has 1 aliphatic rings. The monoisotopic (exact) mass is 347 g/mol. The maximum atomic E-state index is 12.6. The van der Waals surface area contributed by atoms with Gasteiger partial charge in [0.1, 0.15) is 5.75 Å². The molecule has 0 aromatic heterocycles. The second-order valence-electron chi connectivity index (χ2n) is 7.13. The fraction of sp³-hybridized carbons (Fsp3) is 0.650. The zero-order valence-electron chi connectivity index (χ0n) is 16.4. The molecule has 1 aromatic rings. The van der Waals surface area contributed by atoms with Crippen molar-refractivity contribution in [2.45, 2.75) is 45.3 Å². The molecule has 2 rings (SSSR count). The molecule has 25 heavy (non-hydrogen) atoms. The van der Waals surface area contributed by atoms with E-state index < -0.39 is 0 Å². The number of piperidine rings is 1. The summed E-state index contributed by atoms with van der Waals surface area (Å²) in [4.78, 5) is 19.2. The highest BCUT2D eigenvalue weighted by Gasteiger charge is 2.28. The Labute approximate surface area is 152 Å². The minimum Gasteiger partial charge on any atom is -0.496 e. The molecular formula is C20H33N3O2. The molecule has 5 nitrogen and oxygen atoms in total. The highest BCUT2D eigenvalue weighted by molar-refractivity contribution is 5.78. The number of hydrogen-bond acceptors (Lipinski definition) is 4. The van der Waals surface area contributed by atoms with Crippen molar-refractivity contribution in [3.05, 3.63) is 29.8 Å². The lowest BCUT2D eigenvalue weighted by atomic mass is 9.97. The van der Waals surface area contributed by atoms with Crippen LogP contribution >= 0.6 is 0 Å². The number of para-hydroxylation sites is 1. The van der Waals surface area contributed by atoms with Crippen LogP contribution in [-0.4, -0.2) is 73.5 Å². The van der Waals surface area contributed by atoms with Gasteiger partial charge in [-0.1, -0.05) is 25.1 Å². The SMILES string of the molecule is CCN1CC[C@@H](N(C)CC(=O)N(C)Cc2ccccc2OC)C[C@@H]1C. The van der Waals surface area contributed by atoms with Crippen molar-refractivity contribution in [2.24, 2.45) is 0 Å². The summed E-state index contributed by atoms with van der Waals surface area (Å²) in [6.07, 6.45) is 2.27. The van der Waals surface area contributed by atoms with Gasteiger partial charge in [-0.3, -0.25) is 9.69 Å². The number of likely N-dealkylation sites (N-methyl/N-ethyl adjacent to an activating group) is 2. The number of hydrogen-bond donors (Lipinski definition) is 0. The van der Waals surface area contributed by atoms with Crippen molar-refractivity contribution in [3.63, 3.8) is 0 Å². The molecule has 1 aliphatic heterocycles. The minimum absolute atomic E-state index is 0.152. The zero-order chi connectivity index (χ0) is 18.4. The van der Waals surface area contributed by atoms with Crippen molar-refractivity contribution in [3.8, 4) is 5.75 Å². The number of likely N-dealkylation sites (tertiary alicyclic amines) is 1. The minimum atomic E-state index is 0.152. The molecule has 1 fully saturated rings. The summed E-state index contributed by atoms with van der Waals surface area (Å²) in [5.41, 5.74) is 1.04. The molecule has 0 spiro atoms. The summed E-state index contributed by atoms with van der Waals surface area (Å²) in [5.74, 6) is 0.982. The van der Waals surface area contributed by atoms with Crippen LogP contribution in [0.5, 0.6) is 5.75 Å². The molecule has 0 radical (unpaired) electrons. The number of benzene rings is 1. The summed E-state index contributed by atoms with van der Waals surface area (Å²) in [6, 6.07) is 8.94. The van der Waals surface area contributed by atoms with Gasteiger partial charge in [0, 0.05) is 31.2 Å². The number of amides is 1. The third-order valence-electron chi connectivity index (χ3n) is 5.43. The van der Waals surface area contributed by atoms with Crippen molar-refractivity contribution >= 4 is 5.91 Å². The van der Waals surface area contributed by atoms with Gasteiger partial charge in [0.25, 0.3) is 0 Å². The van der Waals surface area contributed by atoms with Gasteiger partial charge in [-0.05, 0) is 46.0 Å². The van der Waals surface area contributed by atoms with Crippen LogP contribution in [0.15, 0.2) is 24.3 Å². The van der Waals surface area contributed by atoms with Crippen LogP contribution in [0.1, 0.15) is 32.3 Å². The summed E-state index contributed by atoms with van der Waals surface area (Å²) in [5, 5.41) is 0. The number of carbonyl (C=O) groups excluding carboxylic acids is 1. The van der Waals surface area contributed by atoms with Crippen LogP contribution in [0.4, 0.5) is 0 Å². The Balaban J connectivity index is 1.88. The first-order valence-corrected chi connectivity index (χ1v) is 9.26. The quantitative estimate of drug-likeness (QED) is 0.759. The molecule has 0 aliphatic carbocycles. The predicted molar refractivity (Wildman–Crippen MR) is 102 cm³/mol. The second-order valence-corrected chi connectivity index (χ2v) is 7.13. The molecule has 1 saturated heterocycles. The van der Waals surface area contributed by atoms with E-state index in [0.29, 0.717) is 25.2 Å². The van der Waals surface area contributed by atoms with E-state index in [0.717, 1.165) is 37.2 Å². The van der Waals surface area contributed by atoms with E-state index in [4.69, 9.17) is 4.74 Å². The highest BCUT2D eigenvalue weighted by atomic mass is 16.5. The van der Waals surface area contributed by atoms with E-state index in [-0.39, 0.29) is 5.91 Å². The summed E-state index contributed by atoms with van der Waals surface area (Å²) in [6.45, 7) is 7.78. The highest BCUT2D eigenvalue weighted by Crippen LogP contribution is 2.21. The Kier molecular flexibility index (Phi) is 7.26. The lowest BCUT2D eigenvalue weighted by molar-refractivity contribution is -0.132. The Bertz CT molecular complexity index is 564. The van der Waals surface area contributed by atoms with E-state index in [1.165, 1.54) is 0 Å². The first-order chi connectivity index (χ1) is 12.0. The van der Waals surface area contributed by atoms with Crippen molar-refractivity contribution < 1.29 is 9.53 Å². The number of nitrogens with zero attached hydrogens (tertiary/aromatic N) is 3. The van der Waals surface area contributed by atoms with E-state index >= 15 is 0 Å². The molecule has 1 amide bonds. The van der Waals surface area contributed by atoms with Crippen molar-refractivity contribution in [1.82, 2.24) is 14.7 Å². The molecule has 0 saturated carbocycles. The smallest absolute Gasteiger partial charge is 0.236 e. The molecule has 2 atom stereocenters. The fourth-order valence-electron chi connectivity index (χ4n) is 3.71. The first-order valence-electron chi connectivity index (χ1n) is 9.26. The lowest BCUT2D eigenvalue weighted by Crippen LogP contribution is -2.49. The second kappa shape index (κ2) is 9.20. The van der Waals surface area contributed by atoms with Crippen molar-refractivity contribution in [2.75, 3.05) is 40.8 Å². The van der Waals surface area contributed by atoms with Gasteiger partial charge >= 0.3 is 0 Å². The Morgan fingerprint density at radius 3 is 2.68 bits per heavy atom. The van der Waals surface area contributed by atoms with Crippen LogP contribution in [0.3, 0.4) is 0 Å². The third kappa shape index (κ3) is 5.19. The first kappa shape index (κ1) is 19.7. The van der Waals surface area contributed by atoms with E-state index in [9.17, 15) is 4.79 Å². The number of rotatable bonds is 7. The molecule has 0 unspecified atom stereocenters. The maximum Gasteiger partial charge on any atom is 0.236 e. The fourth-order valence-corrected chi connectivity index (χ4v) is 3.71. The van der Waals surface area contributed by atoms with Crippen LogP contribution in [0.2, 0.25) is 0 Å². The average molecular weight is 348 g/mol. The summed E-state index contributed by atoms with van der Waals surface area (Å²) >= 11 is 0. The average Bonchev–Trinajstić information content (AvgIpc) is 2.61. The molecular weight excluding hydrogens is 314 g/mol. The van der Waals surface area contributed by atoms with Crippen LogP contribution in [-0.2, 0) is 11.3 Å². The van der Waals surface area contributed by atoms with E-state index in [2.05, 4.69) is 30.7 Å². The van der Waals surface area contributed by atoms with E-state index in [1.807, 2.05) is 31.3 Å². The van der Waals surface area contributed by atoms with Crippen LogP contribution < -0.4 is 4.74 Å². The van der Waals surface area contributed by atoms with Gasteiger partial charge in [-0.15, -0.1) is 0 Å². The van der Waals surface area contributed by atoms with Gasteiger partial charge in [0.2, 0.25) is 5.91 Å².